The molecule has 0 radical (unpaired) electrons. The van der Waals surface area contributed by atoms with E-state index < -0.39 is 0 Å². The number of methoxy groups -OCH3 is 2. The van der Waals surface area contributed by atoms with Gasteiger partial charge in [-0.2, -0.15) is 0 Å². The Balaban J connectivity index is 1.46. The average Bonchev–Trinajstić information content (AvgIpc) is 3.17. The molecule has 0 atom stereocenters. The molecule has 3 aromatic rings. The van der Waals surface area contributed by atoms with Gasteiger partial charge >= 0.3 is 0 Å². The maximum absolute atomic E-state index is 12.9. The Labute approximate surface area is 158 Å². The van der Waals surface area contributed by atoms with E-state index in [2.05, 4.69) is 4.98 Å². The quantitative estimate of drug-likeness (QED) is 0.767. The highest BCUT2D eigenvalue weighted by atomic mass is 16.5. The monoisotopic (exact) mass is 365 g/mol. The molecule has 4 rings (SSSR count). The highest BCUT2D eigenvalue weighted by Crippen LogP contribution is 2.29. The normalized spacial score (nSPS) is 15.1. The minimum atomic E-state index is 0.00950. The molecule has 1 amide bonds. The number of ether oxygens (including phenoxy) is 2. The molecule has 0 unspecified atom stereocenters. The lowest BCUT2D eigenvalue weighted by molar-refractivity contribution is 0.0710. The van der Waals surface area contributed by atoms with Gasteiger partial charge in [-0.3, -0.25) is 4.79 Å². The average molecular weight is 365 g/mol. The Morgan fingerprint density at radius 3 is 2.37 bits per heavy atom. The van der Waals surface area contributed by atoms with Gasteiger partial charge in [0, 0.05) is 30.6 Å². The minimum Gasteiger partial charge on any atom is -0.497 e. The van der Waals surface area contributed by atoms with E-state index in [4.69, 9.17) is 14.5 Å². The number of benzene rings is 2. The van der Waals surface area contributed by atoms with Gasteiger partial charge in [0.25, 0.3) is 5.91 Å². The lowest BCUT2D eigenvalue weighted by Gasteiger charge is -2.31. The highest BCUT2D eigenvalue weighted by Gasteiger charge is 2.26. The molecule has 1 N–H and O–H groups in total. The van der Waals surface area contributed by atoms with Crippen LogP contribution >= 0.6 is 0 Å². The van der Waals surface area contributed by atoms with Crippen LogP contribution in [0.3, 0.4) is 0 Å². The molecule has 2 heterocycles. The van der Waals surface area contributed by atoms with Gasteiger partial charge < -0.3 is 19.4 Å². The standard InChI is InChI=1S/C21H23N3O3/c1-26-16-11-15(12-17(13-16)27-2)21(25)24-9-7-14(8-10-24)20-22-18-5-3-4-6-19(18)23-20/h3-6,11-14H,7-10H2,1-2H3,(H,22,23). The zero-order valence-corrected chi connectivity index (χ0v) is 15.6. The Hall–Kier alpha value is -3.02. The van der Waals surface area contributed by atoms with Gasteiger partial charge in [-0.15, -0.1) is 0 Å². The van der Waals surface area contributed by atoms with E-state index in [9.17, 15) is 4.79 Å². The number of hydrogen-bond acceptors (Lipinski definition) is 4. The summed E-state index contributed by atoms with van der Waals surface area (Å²) < 4.78 is 10.6. The third-order valence-corrected chi connectivity index (χ3v) is 5.17. The Morgan fingerprint density at radius 2 is 1.74 bits per heavy atom. The Kier molecular flexibility index (Phi) is 4.71. The van der Waals surface area contributed by atoms with Crippen molar-refractivity contribution in [3.63, 3.8) is 0 Å². The first kappa shape index (κ1) is 17.4. The van der Waals surface area contributed by atoms with Crippen LogP contribution < -0.4 is 9.47 Å². The van der Waals surface area contributed by atoms with Crippen LogP contribution in [-0.4, -0.2) is 48.1 Å². The van der Waals surface area contributed by atoms with Crippen molar-refractivity contribution in [3.8, 4) is 11.5 Å². The first-order valence-electron chi connectivity index (χ1n) is 9.15. The van der Waals surface area contributed by atoms with E-state index in [-0.39, 0.29) is 5.91 Å². The summed E-state index contributed by atoms with van der Waals surface area (Å²) >= 11 is 0. The molecular formula is C21H23N3O3. The molecule has 1 aliphatic rings. The van der Waals surface area contributed by atoms with Crippen molar-refractivity contribution in [3.05, 3.63) is 53.9 Å². The number of rotatable bonds is 4. The number of likely N-dealkylation sites (tertiary alicyclic amines) is 1. The van der Waals surface area contributed by atoms with Gasteiger partial charge in [0.1, 0.15) is 17.3 Å². The summed E-state index contributed by atoms with van der Waals surface area (Å²) in [4.78, 5) is 22.9. The number of piperidine rings is 1. The van der Waals surface area contributed by atoms with Crippen LogP contribution in [0, 0.1) is 0 Å². The number of para-hydroxylation sites is 2. The molecular weight excluding hydrogens is 342 g/mol. The Morgan fingerprint density at radius 1 is 1.07 bits per heavy atom. The molecule has 140 valence electrons. The van der Waals surface area contributed by atoms with E-state index in [1.54, 1.807) is 32.4 Å². The lowest BCUT2D eigenvalue weighted by Crippen LogP contribution is -2.38. The second-order valence-corrected chi connectivity index (χ2v) is 6.81. The summed E-state index contributed by atoms with van der Waals surface area (Å²) in [5.41, 5.74) is 2.65. The van der Waals surface area contributed by atoms with E-state index in [0.717, 1.165) is 29.7 Å². The van der Waals surface area contributed by atoms with Gasteiger partial charge in [-0.05, 0) is 37.1 Å². The number of hydrogen-bond donors (Lipinski definition) is 1. The molecule has 6 heteroatoms. The summed E-state index contributed by atoms with van der Waals surface area (Å²) in [6.07, 6.45) is 1.79. The predicted octanol–water partition coefficient (Wildman–Crippen LogP) is 3.60. The molecule has 1 aliphatic heterocycles. The number of amides is 1. The number of carbonyl (C=O) groups excluding carboxylic acids is 1. The fourth-order valence-corrected chi connectivity index (χ4v) is 3.64. The first-order chi connectivity index (χ1) is 13.2. The molecule has 6 nitrogen and oxygen atoms in total. The Bertz CT molecular complexity index is 903. The molecule has 1 saturated heterocycles. The van der Waals surface area contributed by atoms with Crippen molar-refractivity contribution in [2.75, 3.05) is 27.3 Å². The molecule has 1 aromatic heterocycles. The van der Waals surface area contributed by atoms with Crippen LogP contribution in [0.2, 0.25) is 0 Å². The number of carbonyl (C=O) groups is 1. The molecule has 0 spiro atoms. The van der Waals surface area contributed by atoms with E-state index >= 15 is 0 Å². The van der Waals surface area contributed by atoms with Crippen LogP contribution in [0.5, 0.6) is 11.5 Å². The zero-order chi connectivity index (χ0) is 18.8. The summed E-state index contributed by atoms with van der Waals surface area (Å²) in [6, 6.07) is 13.4. The van der Waals surface area contributed by atoms with Gasteiger partial charge in [-0.25, -0.2) is 4.98 Å². The molecule has 2 aromatic carbocycles. The predicted molar refractivity (Wildman–Crippen MR) is 104 cm³/mol. The third kappa shape index (κ3) is 3.47. The maximum atomic E-state index is 12.9. The zero-order valence-electron chi connectivity index (χ0n) is 15.6. The first-order valence-corrected chi connectivity index (χ1v) is 9.15. The van der Waals surface area contributed by atoms with Crippen LogP contribution in [0.1, 0.15) is 34.9 Å². The number of fused-ring (bicyclic) bond motifs is 1. The van der Waals surface area contributed by atoms with Gasteiger partial charge in [0.05, 0.1) is 25.3 Å². The largest absolute Gasteiger partial charge is 0.497 e. The van der Waals surface area contributed by atoms with Crippen LogP contribution in [-0.2, 0) is 0 Å². The summed E-state index contributed by atoms with van der Waals surface area (Å²) in [5.74, 6) is 2.62. The second kappa shape index (κ2) is 7.31. The molecule has 0 bridgehead atoms. The maximum Gasteiger partial charge on any atom is 0.254 e. The van der Waals surface area contributed by atoms with E-state index in [1.165, 1.54) is 0 Å². The minimum absolute atomic E-state index is 0.00950. The summed E-state index contributed by atoms with van der Waals surface area (Å²) in [6.45, 7) is 1.42. The number of nitrogens with zero attached hydrogens (tertiary/aromatic N) is 2. The number of aromatic nitrogens is 2. The van der Waals surface area contributed by atoms with Crippen LogP contribution in [0.4, 0.5) is 0 Å². The highest BCUT2D eigenvalue weighted by molar-refractivity contribution is 5.95. The fourth-order valence-electron chi connectivity index (χ4n) is 3.64. The van der Waals surface area contributed by atoms with Crippen molar-refractivity contribution < 1.29 is 14.3 Å². The lowest BCUT2D eigenvalue weighted by atomic mass is 9.95. The number of H-pyrrole nitrogens is 1. The summed E-state index contributed by atoms with van der Waals surface area (Å²) in [7, 11) is 3.17. The van der Waals surface area contributed by atoms with Gasteiger partial charge in [0.15, 0.2) is 0 Å². The number of imidazole rings is 1. The third-order valence-electron chi connectivity index (χ3n) is 5.17. The van der Waals surface area contributed by atoms with Crippen LogP contribution in [0.15, 0.2) is 42.5 Å². The molecule has 0 saturated carbocycles. The molecule has 27 heavy (non-hydrogen) atoms. The second-order valence-electron chi connectivity index (χ2n) is 6.81. The van der Waals surface area contributed by atoms with Crippen molar-refractivity contribution in [2.24, 2.45) is 0 Å². The van der Waals surface area contributed by atoms with E-state index in [1.807, 2.05) is 29.2 Å². The van der Waals surface area contributed by atoms with Crippen molar-refractivity contribution >= 4 is 16.9 Å². The summed E-state index contributed by atoms with van der Waals surface area (Å²) in [5, 5.41) is 0. The molecule has 0 aliphatic carbocycles. The van der Waals surface area contributed by atoms with Crippen molar-refractivity contribution in [1.29, 1.82) is 0 Å². The number of aromatic amines is 1. The topological polar surface area (TPSA) is 67.5 Å². The van der Waals surface area contributed by atoms with Gasteiger partial charge in [-0.1, -0.05) is 12.1 Å². The molecule has 1 fully saturated rings. The fraction of sp³-hybridized carbons (Fsp3) is 0.333. The van der Waals surface area contributed by atoms with E-state index in [0.29, 0.717) is 36.1 Å². The van der Waals surface area contributed by atoms with Crippen molar-refractivity contribution in [2.45, 2.75) is 18.8 Å². The van der Waals surface area contributed by atoms with Crippen molar-refractivity contribution in [1.82, 2.24) is 14.9 Å². The SMILES string of the molecule is COc1cc(OC)cc(C(=O)N2CCC(c3nc4ccccc4[nH]3)CC2)c1. The van der Waals surface area contributed by atoms with Crippen LogP contribution in [0.25, 0.3) is 11.0 Å². The van der Waals surface area contributed by atoms with Gasteiger partial charge in [0.2, 0.25) is 0 Å². The number of nitrogens with one attached hydrogen (secondary N) is 1. The smallest absolute Gasteiger partial charge is 0.254 e.